The lowest BCUT2D eigenvalue weighted by atomic mass is 10.0. The quantitative estimate of drug-likeness (QED) is 0.809. The Bertz CT molecular complexity index is 681. The Morgan fingerprint density at radius 3 is 2.44 bits per heavy atom. The summed E-state index contributed by atoms with van der Waals surface area (Å²) in [6, 6.07) is 14.0. The van der Waals surface area contributed by atoms with Crippen molar-refractivity contribution >= 4 is 5.82 Å². The van der Waals surface area contributed by atoms with E-state index in [0.29, 0.717) is 18.0 Å². The maximum absolute atomic E-state index is 5.29. The van der Waals surface area contributed by atoms with Crippen molar-refractivity contribution < 1.29 is 4.74 Å². The molecule has 2 aromatic rings. The first-order valence-corrected chi connectivity index (χ1v) is 9.24. The number of anilines is 1. The monoisotopic (exact) mass is 338 g/mol. The van der Waals surface area contributed by atoms with Crippen LogP contribution in [0.15, 0.2) is 42.7 Å². The summed E-state index contributed by atoms with van der Waals surface area (Å²) in [6.07, 6.45) is 6.55. The van der Waals surface area contributed by atoms with E-state index in [1.54, 1.807) is 13.4 Å². The standard InChI is InChI=1S/C20H26N4O/c1-25-20-13-19(21-15-22-20)24(17-7-8-17)18-9-11-23(12-10-18)14-16-5-3-2-4-6-16/h2-6,13,15,17-18H,7-12,14H2,1H3. The highest BCUT2D eigenvalue weighted by molar-refractivity contribution is 5.45. The molecule has 2 fully saturated rings. The first-order chi connectivity index (χ1) is 12.3. The highest BCUT2D eigenvalue weighted by atomic mass is 16.5. The van der Waals surface area contributed by atoms with Crippen LogP contribution in [0.4, 0.5) is 5.82 Å². The Hall–Kier alpha value is -2.14. The molecule has 1 aromatic carbocycles. The summed E-state index contributed by atoms with van der Waals surface area (Å²) < 4.78 is 5.29. The number of hydrogen-bond donors (Lipinski definition) is 0. The zero-order valence-corrected chi connectivity index (χ0v) is 14.8. The van der Waals surface area contributed by atoms with E-state index >= 15 is 0 Å². The molecule has 2 heterocycles. The van der Waals surface area contributed by atoms with E-state index in [4.69, 9.17) is 4.74 Å². The molecule has 0 bridgehead atoms. The highest BCUT2D eigenvalue weighted by Crippen LogP contribution is 2.36. The minimum atomic E-state index is 0.569. The van der Waals surface area contributed by atoms with Gasteiger partial charge in [0, 0.05) is 37.8 Å². The van der Waals surface area contributed by atoms with E-state index in [1.807, 2.05) is 6.07 Å². The lowest BCUT2D eigenvalue weighted by Gasteiger charge is -2.39. The van der Waals surface area contributed by atoms with E-state index in [0.717, 1.165) is 25.5 Å². The van der Waals surface area contributed by atoms with Gasteiger partial charge in [-0.1, -0.05) is 30.3 Å². The molecule has 0 atom stereocenters. The molecule has 4 rings (SSSR count). The van der Waals surface area contributed by atoms with Gasteiger partial charge >= 0.3 is 0 Å². The van der Waals surface area contributed by atoms with Crippen LogP contribution in [0.25, 0.3) is 0 Å². The highest BCUT2D eigenvalue weighted by Gasteiger charge is 2.36. The van der Waals surface area contributed by atoms with E-state index in [2.05, 4.69) is 50.1 Å². The van der Waals surface area contributed by atoms with Crippen LogP contribution < -0.4 is 9.64 Å². The molecule has 1 aliphatic heterocycles. The summed E-state index contributed by atoms with van der Waals surface area (Å²) in [5.41, 5.74) is 1.40. The van der Waals surface area contributed by atoms with Crippen molar-refractivity contribution in [3.63, 3.8) is 0 Å². The molecule has 1 saturated carbocycles. The number of aromatic nitrogens is 2. The summed E-state index contributed by atoms with van der Waals surface area (Å²) in [6.45, 7) is 3.34. The predicted molar refractivity (Wildman–Crippen MR) is 98.8 cm³/mol. The second-order valence-corrected chi connectivity index (χ2v) is 7.05. The van der Waals surface area contributed by atoms with Crippen LogP contribution in [0, 0.1) is 0 Å². The number of methoxy groups -OCH3 is 1. The third-order valence-corrected chi connectivity index (χ3v) is 5.24. The van der Waals surface area contributed by atoms with Crippen molar-refractivity contribution in [2.75, 3.05) is 25.1 Å². The third kappa shape index (κ3) is 3.93. The summed E-state index contributed by atoms with van der Waals surface area (Å²) in [7, 11) is 1.66. The summed E-state index contributed by atoms with van der Waals surface area (Å²) in [4.78, 5) is 13.8. The van der Waals surface area contributed by atoms with Gasteiger partial charge in [-0.05, 0) is 31.2 Å². The Morgan fingerprint density at radius 1 is 1.04 bits per heavy atom. The molecule has 0 radical (unpaired) electrons. The third-order valence-electron chi connectivity index (χ3n) is 5.24. The van der Waals surface area contributed by atoms with Crippen LogP contribution >= 0.6 is 0 Å². The van der Waals surface area contributed by atoms with E-state index in [-0.39, 0.29) is 0 Å². The Labute approximate surface area is 149 Å². The zero-order valence-electron chi connectivity index (χ0n) is 14.8. The predicted octanol–water partition coefficient (Wildman–Crippen LogP) is 3.12. The summed E-state index contributed by atoms with van der Waals surface area (Å²) >= 11 is 0. The average Bonchev–Trinajstić information content (AvgIpc) is 3.49. The van der Waals surface area contributed by atoms with Gasteiger partial charge < -0.3 is 9.64 Å². The Morgan fingerprint density at radius 2 is 1.76 bits per heavy atom. The normalized spacial score (nSPS) is 18.9. The van der Waals surface area contributed by atoms with Gasteiger partial charge in [-0.15, -0.1) is 0 Å². The number of hydrogen-bond acceptors (Lipinski definition) is 5. The molecular formula is C20H26N4O. The van der Waals surface area contributed by atoms with Crippen LogP contribution in [-0.4, -0.2) is 47.2 Å². The molecular weight excluding hydrogens is 312 g/mol. The molecule has 1 saturated heterocycles. The minimum absolute atomic E-state index is 0.569. The molecule has 0 amide bonds. The Kier molecular flexibility index (Phi) is 4.83. The second kappa shape index (κ2) is 7.40. The number of likely N-dealkylation sites (tertiary alicyclic amines) is 1. The zero-order chi connectivity index (χ0) is 17.1. The topological polar surface area (TPSA) is 41.5 Å². The fourth-order valence-corrected chi connectivity index (χ4v) is 3.80. The van der Waals surface area contributed by atoms with Gasteiger partial charge in [0.2, 0.25) is 5.88 Å². The lowest BCUT2D eigenvalue weighted by molar-refractivity contribution is 0.200. The van der Waals surface area contributed by atoms with Crippen molar-refractivity contribution in [3.8, 4) is 5.88 Å². The largest absolute Gasteiger partial charge is 0.481 e. The molecule has 5 nitrogen and oxygen atoms in total. The molecule has 2 aliphatic rings. The smallest absolute Gasteiger partial charge is 0.218 e. The van der Waals surface area contributed by atoms with Crippen LogP contribution in [0.3, 0.4) is 0 Å². The number of benzene rings is 1. The van der Waals surface area contributed by atoms with Gasteiger partial charge in [0.1, 0.15) is 12.1 Å². The van der Waals surface area contributed by atoms with Gasteiger partial charge in [-0.25, -0.2) is 9.97 Å². The molecule has 25 heavy (non-hydrogen) atoms. The van der Waals surface area contributed by atoms with Crippen molar-refractivity contribution in [1.29, 1.82) is 0 Å². The van der Waals surface area contributed by atoms with Crippen molar-refractivity contribution in [2.45, 2.75) is 44.3 Å². The SMILES string of the molecule is COc1cc(N(C2CC2)C2CCN(Cc3ccccc3)CC2)ncn1. The number of rotatable bonds is 6. The first kappa shape index (κ1) is 16.3. The first-order valence-electron chi connectivity index (χ1n) is 9.24. The van der Waals surface area contributed by atoms with E-state index in [9.17, 15) is 0 Å². The molecule has 1 aromatic heterocycles. The summed E-state index contributed by atoms with van der Waals surface area (Å²) in [5, 5.41) is 0. The molecule has 0 spiro atoms. The number of nitrogens with zero attached hydrogens (tertiary/aromatic N) is 4. The molecule has 0 unspecified atom stereocenters. The molecule has 0 N–H and O–H groups in total. The molecule has 132 valence electrons. The van der Waals surface area contributed by atoms with Gasteiger partial charge in [0.15, 0.2) is 0 Å². The average molecular weight is 338 g/mol. The fraction of sp³-hybridized carbons (Fsp3) is 0.500. The lowest BCUT2D eigenvalue weighted by Crippen LogP contribution is -2.46. The van der Waals surface area contributed by atoms with Crippen molar-refractivity contribution in [3.05, 3.63) is 48.3 Å². The van der Waals surface area contributed by atoms with Crippen LogP contribution in [0.2, 0.25) is 0 Å². The van der Waals surface area contributed by atoms with Crippen molar-refractivity contribution in [1.82, 2.24) is 14.9 Å². The van der Waals surface area contributed by atoms with Crippen LogP contribution in [-0.2, 0) is 6.54 Å². The minimum Gasteiger partial charge on any atom is -0.481 e. The van der Waals surface area contributed by atoms with E-state index < -0.39 is 0 Å². The summed E-state index contributed by atoms with van der Waals surface area (Å²) in [5.74, 6) is 1.67. The Balaban J connectivity index is 1.41. The maximum Gasteiger partial charge on any atom is 0.218 e. The van der Waals surface area contributed by atoms with Crippen LogP contribution in [0.5, 0.6) is 5.88 Å². The van der Waals surface area contributed by atoms with Crippen molar-refractivity contribution in [2.24, 2.45) is 0 Å². The van der Waals surface area contributed by atoms with E-state index in [1.165, 1.54) is 31.2 Å². The molecule has 5 heteroatoms. The van der Waals surface area contributed by atoms with Crippen LogP contribution in [0.1, 0.15) is 31.2 Å². The molecule has 1 aliphatic carbocycles. The van der Waals surface area contributed by atoms with Gasteiger partial charge in [-0.3, -0.25) is 4.90 Å². The second-order valence-electron chi connectivity index (χ2n) is 7.05. The number of ether oxygens (including phenoxy) is 1. The van der Waals surface area contributed by atoms with Gasteiger partial charge in [0.05, 0.1) is 7.11 Å². The number of piperidine rings is 1. The van der Waals surface area contributed by atoms with Gasteiger partial charge in [0.25, 0.3) is 0 Å². The van der Waals surface area contributed by atoms with Gasteiger partial charge in [-0.2, -0.15) is 0 Å². The fourth-order valence-electron chi connectivity index (χ4n) is 3.80. The maximum atomic E-state index is 5.29.